The Balaban J connectivity index is 1.23. The number of benzene rings is 2. The van der Waals surface area contributed by atoms with Crippen molar-refractivity contribution in [2.75, 3.05) is 13.1 Å². The summed E-state index contributed by atoms with van der Waals surface area (Å²) in [6.45, 7) is 2.74. The first-order valence-corrected chi connectivity index (χ1v) is 18.0. The van der Waals surface area contributed by atoms with Crippen LogP contribution in [0.15, 0.2) is 48.6 Å². The highest BCUT2D eigenvalue weighted by Gasteiger charge is 2.60. The molecule has 3 amide bonds. The van der Waals surface area contributed by atoms with Gasteiger partial charge in [0.2, 0.25) is 11.8 Å². The van der Waals surface area contributed by atoms with Crippen LogP contribution in [0.1, 0.15) is 87.8 Å². The van der Waals surface area contributed by atoms with Gasteiger partial charge in [-0.05, 0) is 80.2 Å². The molecule has 3 heterocycles. The van der Waals surface area contributed by atoms with Gasteiger partial charge in [0.15, 0.2) is 17.4 Å². The number of carbonyl (C=O) groups is 4. The number of ether oxygens (including phenoxy) is 1. The van der Waals surface area contributed by atoms with Crippen molar-refractivity contribution in [3.63, 3.8) is 0 Å². The van der Waals surface area contributed by atoms with Gasteiger partial charge in [-0.1, -0.05) is 50.1 Å². The Morgan fingerprint density at radius 3 is 2.64 bits per heavy atom. The average molecular weight is 694 g/mol. The van der Waals surface area contributed by atoms with Crippen LogP contribution in [-0.2, 0) is 38.6 Å². The van der Waals surface area contributed by atoms with Crippen molar-refractivity contribution < 1.29 is 37.1 Å². The van der Waals surface area contributed by atoms with E-state index in [1.165, 1.54) is 21.9 Å². The standard InChI is InChI=1S/C39H46F3N3O5/c1-2-17-43-37(48)39-20-28(39)11-7-5-3-4-6-9-26(15-13-25-14-16-32(41)33(42)18-25)36(47)45-23-29(19-34(45)35(46)21-39)50-38(49)44-22-27-10-8-12-31(40)30(27)24-44/h7-8,10-12,14,16,18,26,28-29,34H,2-6,9,13,15,17,19-24H2,1H3,(H,43,48)/b11-7-/t26-,28-,29-,34+,39-/m1/s1. The van der Waals surface area contributed by atoms with Gasteiger partial charge >= 0.3 is 6.09 Å². The number of nitrogens with one attached hydrogen (secondary N) is 1. The number of hydrogen-bond donors (Lipinski definition) is 1. The molecule has 2 aromatic carbocycles. The minimum Gasteiger partial charge on any atom is -0.444 e. The Bertz CT molecular complexity index is 1650. The van der Waals surface area contributed by atoms with Crippen LogP contribution in [-0.4, -0.2) is 58.7 Å². The fraction of sp³-hybridized carbons (Fsp3) is 0.538. The zero-order valence-corrected chi connectivity index (χ0v) is 28.6. The monoisotopic (exact) mass is 693 g/mol. The Kier molecular flexibility index (Phi) is 11.0. The van der Waals surface area contributed by atoms with Crippen LogP contribution >= 0.6 is 0 Å². The van der Waals surface area contributed by atoms with Crippen LogP contribution < -0.4 is 5.32 Å². The summed E-state index contributed by atoms with van der Waals surface area (Å²) in [5.41, 5.74) is 0.831. The molecule has 50 heavy (non-hydrogen) atoms. The first-order valence-electron chi connectivity index (χ1n) is 18.0. The number of aryl methyl sites for hydroxylation is 1. The first kappa shape index (κ1) is 35.7. The lowest BCUT2D eigenvalue weighted by molar-refractivity contribution is -0.142. The predicted molar refractivity (Wildman–Crippen MR) is 180 cm³/mol. The topological polar surface area (TPSA) is 96.0 Å². The molecular formula is C39H46F3N3O5. The Morgan fingerprint density at radius 1 is 1.02 bits per heavy atom. The number of hydrogen-bond acceptors (Lipinski definition) is 5. The molecule has 0 spiro atoms. The molecule has 5 atom stereocenters. The molecule has 4 aliphatic rings. The number of fused-ring (bicyclic) bond motifs is 3. The van der Waals surface area contributed by atoms with E-state index in [1.54, 1.807) is 12.1 Å². The minimum absolute atomic E-state index is 0.0101. The first-order chi connectivity index (χ1) is 24.1. The van der Waals surface area contributed by atoms with E-state index in [0.717, 1.165) is 44.2 Å². The Labute approximate surface area is 291 Å². The summed E-state index contributed by atoms with van der Waals surface area (Å²) in [5.74, 6) is -3.49. The van der Waals surface area contributed by atoms with E-state index < -0.39 is 41.2 Å². The minimum atomic E-state index is -0.946. The van der Waals surface area contributed by atoms with Crippen molar-refractivity contribution in [2.45, 2.75) is 103 Å². The highest BCUT2D eigenvalue weighted by molar-refractivity contribution is 5.96. The summed E-state index contributed by atoms with van der Waals surface area (Å²) in [7, 11) is 0. The second-order valence-electron chi connectivity index (χ2n) is 14.4. The van der Waals surface area contributed by atoms with E-state index in [1.807, 2.05) is 6.92 Å². The smallest absolute Gasteiger partial charge is 0.410 e. The quantitative estimate of drug-likeness (QED) is 0.323. The fourth-order valence-electron chi connectivity index (χ4n) is 7.88. The molecule has 1 aliphatic carbocycles. The van der Waals surface area contributed by atoms with Crippen molar-refractivity contribution in [1.82, 2.24) is 15.1 Å². The van der Waals surface area contributed by atoms with Gasteiger partial charge in [-0.15, -0.1) is 0 Å². The largest absolute Gasteiger partial charge is 0.444 e. The third-order valence-electron chi connectivity index (χ3n) is 10.9. The Hall–Kier alpha value is -4.15. The lowest BCUT2D eigenvalue weighted by Gasteiger charge is -2.29. The number of allylic oxidation sites excluding steroid dienone is 2. The third kappa shape index (κ3) is 7.76. The number of Topliss-reactive ketones (excluding diaryl/α,β-unsaturated/α-hetero) is 1. The van der Waals surface area contributed by atoms with Crippen molar-refractivity contribution in [1.29, 1.82) is 0 Å². The van der Waals surface area contributed by atoms with E-state index in [-0.39, 0.29) is 61.8 Å². The number of amides is 3. The molecule has 2 fully saturated rings. The molecule has 8 nitrogen and oxygen atoms in total. The average Bonchev–Trinajstić information content (AvgIpc) is 3.39. The third-order valence-corrected chi connectivity index (χ3v) is 10.9. The number of halogens is 3. The van der Waals surface area contributed by atoms with E-state index in [2.05, 4.69) is 17.5 Å². The zero-order valence-electron chi connectivity index (χ0n) is 28.6. The van der Waals surface area contributed by atoms with Crippen LogP contribution in [0.5, 0.6) is 0 Å². The van der Waals surface area contributed by atoms with Crippen LogP contribution in [0.25, 0.3) is 0 Å². The number of rotatable bonds is 7. The van der Waals surface area contributed by atoms with Gasteiger partial charge in [-0.25, -0.2) is 18.0 Å². The molecule has 0 aromatic heterocycles. The van der Waals surface area contributed by atoms with Crippen molar-refractivity contribution in [2.24, 2.45) is 17.3 Å². The van der Waals surface area contributed by atoms with Crippen LogP contribution in [0.2, 0.25) is 0 Å². The number of carbonyl (C=O) groups excluding carboxylic acids is 4. The molecule has 2 aromatic rings. The summed E-state index contributed by atoms with van der Waals surface area (Å²) in [6, 6.07) is 7.56. The summed E-state index contributed by atoms with van der Waals surface area (Å²) in [6.07, 6.45) is 8.75. The second-order valence-corrected chi connectivity index (χ2v) is 14.4. The highest BCUT2D eigenvalue weighted by atomic mass is 19.2. The summed E-state index contributed by atoms with van der Waals surface area (Å²) in [4.78, 5) is 58.4. The molecular weight excluding hydrogens is 647 g/mol. The highest BCUT2D eigenvalue weighted by Crippen LogP contribution is 2.57. The fourth-order valence-corrected chi connectivity index (χ4v) is 7.88. The molecule has 0 bridgehead atoms. The molecule has 1 saturated heterocycles. The van der Waals surface area contributed by atoms with Crippen molar-refractivity contribution >= 4 is 23.7 Å². The van der Waals surface area contributed by atoms with Crippen LogP contribution in [0.4, 0.5) is 18.0 Å². The SMILES string of the molecule is CCCNC(=O)[C@]12CC(=O)[C@@H]3C[C@@H](OC(=O)N4Cc5cccc(F)c5C4)CN3C(=O)[C@@H](CCc3ccc(F)c(F)c3)CCCCC/C=C\[C@@H]1C2. The number of nitrogens with zero attached hydrogens (tertiary/aromatic N) is 2. The predicted octanol–water partition coefficient (Wildman–Crippen LogP) is 6.79. The normalized spacial score (nSPS) is 27.4. The lowest BCUT2D eigenvalue weighted by atomic mass is 9.90. The van der Waals surface area contributed by atoms with Crippen molar-refractivity contribution in [3.05, 3.63) is 82.7 Å². The summed E-state index contributed by atoms with van der Waals surface area (Å²) < 4.78 is 47.9. The van der Waals surface area contributed by atoms with Crippen LogP contribution in [0, 0.1) is 34.7 Å². The molecule has 11 heteroatoms. The molecule has 1 saturated carbocycles. The second kappa shape index (κ2) is 15.4. The molecule has 0 unspecified atom stereocenters. The maximum Gasteiger partial charge on any atom is 0.410 e. The molecule has 1 N–H and O–H groups in total. The maximum absolute atomic E-state index is 14.4. The van der Waals surface area contributed by atoms with Gasteiger partial charge in [0.1, 0.15) is 11.9 Å². The van der Waals surface area contributed by atoms with Gasteiger partial charge in [0, 0.05) is 37.4 Å². The zero-order chi connectivity index (χ0) is 35.4. The molecule has 3 aliphatic heterocycles. The summed E-state index contributed by atoms with van der Waals surface area (Å²) >= 11 is 0. The van der Waals surface area contributed by atoms with Gasteiger partial charge < -0.3 is 15.0 Å². The maximum atomic E-state index is 14.4. The van der Waals surface area contributed by atoms with E-state index >= 15 is 0 Å². The molecule has 0 radical (unpaired) electrons. The van der Waals surface area contributed by atoms with Crippen molar-refractivity contribution in [3.8, 4) is 0 Å². The van der Waals surface area contributed by atoms with Gasteiger partial charge in [-0.3, -0.25) is 19.3 Å². The summed E-state index contributed by atoms with van der Waals surface area (Å²) in [5, 5.41) is 2.98. The van der Waals surface area contributed by atoms with E-state index in [9.17, 15) is 32.3 Å². The lowest BCUT2D eigenvalue weighted by Crippen LogP contribution is -2.45. The van der Waals surface area contributed by atoms with Gasteiger partial charge in [0.25, 0.3) is 0 Å². The molecule has 6 rings (SSSR count). The van der Waals surface area contributed by atoms with E-state index in [0.29, 0.717) is 48.9 Å². The van der Waals surface area contributed by atoms with Gasteiger partial charge in [0.05, 0.1) is 24.5 Å². The van der Waals surface area contributed by atoms with Gasteiger partial charge in [-0.2, -0.15) is 0 Å². The Morgan fingerprint density at radius 2 is 1.86 bits per heavy atom. The molecule has 268 valence electrons. The van der Waals surface area contributed by atoms with Crippen LogP contribution in [0.3, 0.4) is 0 Å². The van der Waals surface area contributed by atoms with E-state index in [4.69, 9.17) is 4.74 Å². The number of ketones is 1.